The molecule has 1 amide bonds. The van der Waals surface area contributed by atoms with E-state index in [4.69, 9.17) is 15.2 Å². The molecule has 0 heterocycles. The summed E-state index contributed by atoms with van der Waals surface area (Å²) in [5, 5.41) is 21.8. The quantitative estimate of drug-likeness (QED) is 0.450. The standard InChI is InChI=1S/C10H9N3O3/c1-16-9-5-3-2-4-7(9)12-10(14)8(6-11)13-15/h2-5,15H,1H3,(H,12,14)/b13-8-. The minimum Gasteiger partial charge on any atom is -0.495 e. The summed E-state index contributed by atoms with van der Waals surface area (Å²) >= 11 is 0. The zero-order valence-corrected chi connectivity index (χ0v) is 8.47. The maximum atomic E-state index is 11.4. The molecule has 1 aromatic carbocycles. The third-order valence-electron chi connectivity index (χ3n) is 1.78. The second-order valence-electron chi connectivity index (χ2n) is 2.71. The van der Waals surface area contributed by atoms with Crippen LogP contribution in [0.15, 0.2) is 29.4 Å². The summed E-state index contributed by atoms with van der Waals surface area (Å²) in [5.74, 6) is -0.347. The minimum atomic E-state index is -0.797. The van der Waals surface area contributed by atoms with E-state index in [0.29, 0.717) is 11.4 Å². The topological polar surface area (TPSA) is 94.7 Å². The lowest BCUT2D eigenvalue weighted by molar-refractivity contribution is -0.110. The number of hydrogen-bond acceptors (Lipinski definition) is 5. The number of oxime groups is 1. The maximum absolute atomic E-state index is 11.4. The molecule has 0 aromatic heterocycles. The first kappa shape index (κ1) is 11.5. The molecule has 2 N–H and O–H groups in total. The number of benzene rings is 1. The lowest BCUT2D eigenvalue weighted by Crippen LogP contribution is -2.21. The van der Waals surface area contributed by atoms with E-state index in [1.807, 2.05) is 0 Å². The molecule has 82 valence electrons. The van der Waals surface area contributed by atoms with Gasteiger partial charge >= 0.3 is 0 Å². The molecular formula is C10H9N3O3. The average Bonchev–Trinajstić information content (AvgIpc) is 2.31. The van der Waals surface area contributed by atoms with Gasteiger partial charge in [0, 0.05) is 0 Å². The SMILES string of the molecule is COc1ccccc1NC(=O)/C(C#N)=N\O. The Labute approximate surface area is 91.8 Å². The van der Waals surface area contributed by atoms with Crippen molar-refractivity contribution < 1.29 is 14.7 Å². The molecule has 6 heteroatoms. The van der Waals surface area contributed by atoms with Gasteiger partial charge < -0.3 is 15.3 Å². The summed E-state index contributed by atoms with van der Waals surface area (Å²) in [6.07, 6.45) is 0. The van der Waals surface area contributed by atoms with E-state index in [9.17, 15) is 4.79 Å². The van der Waals surface area contributed by atoms with Gasteiger partial charge in [-0.05, 0) is 12.1 Å². The molecule has 1 rings (SSSR count). The predicted octanol–water partition coefficient (Wildman–Crippen LogP) is 0.987. The Bertz CT molecular complexity index is 463. The fraction of sp³-hybridized carbons (Fsp3) is 0.100. The normalized spacial score (nSPS) is 10.4. The van der Waals surface area contributed by atoms with Gasteiger partial charge in [0.15, 0.2) is 0 Å². The molecule has 0 bridgehead atoms. The molecule has 0 atom stereocenters. The average molecular weight is 219 g/mol. The molecule has 0 aliphatic rings. The van der Waals surface area contributed by atoms with Crippen LogP contribution in [0.25, 0.3) is 0 Å². The van der Waals surface area contributed by atoms with Crippen LogP contribution in [0.2, 0.25) is 0 Å². The highest BCUT2D eigenvalue weighted by atomic mass is 16.5. The van der Waals surface area contributed by atoms with Crippen molar-refractivity contribution in [2.24, 2.45) is 5.16 Å². The Morgan fingerprint density at radius 2 is 2.25 bits per heavy atom. The maximum Gasteiger partial charge on any atom is 0.288 e. The fourth-order valence-corrected chi connectivity index (χ4v) is 1.05. The van der Waals surface area contributed by atoms with Crippen LogP contribution in [0.5, 0.6) is 5.75 Å². The smallest absolute Gasteiger partial charge is 0.288 e. The van der Waals surface area contributed by atoms with E-state index >= 15 is 0 Å². The third kappa shape index (κ3) is 2.48. The van der Waals surface area contributed by atoms with Crippen molar-refractivity contribution >= 4 is 17.3 Å². The monoisotopic (exact) mass is 219 g/mol. The lowest BCUT2D eigenvalue weighted by Gasteiger charge is -2.07. The van der Waals surface area contributed by atoms with E-state index in [0.717, 1.165) is 0 Å². The first-order valence-corrected chi connectivity index (χ1v) is 4.29. The third-order valence-corrected chi connectivity index (χ3v) is 1.78. The van der Waals surface area contributed by atoms with Gasteiger partial charge in [-0.15, -0.1) is 0 Å². The second kappa shape index (κ2) is 5.36. The first-order valence-electron chi connectivity index (χ1n) is 4.29. The summed E-state index contributed by atoms with van der Waals surface area (Å²) in [5.41, 5.74) is -0.225. The van der Waals surface area contributed by atoms with Crippen molar-refractivity contribution in [2.45, 2.75) is 0 Å². The molecule has 0 unspecified atom stereocenters. The minimum absolute atomic E-state index is 0.395. The number of carbonyl (C=O) groups excluding carboxylic acids is 1. The Hall–Kier alpha value is -2.55. The summed E-state index contributed by atoms with van der Waals surface area (Å²) in [6.45, 7) is 0. The fourth-order valence-electron chi connectivity index (χ4n) is 1.05. The number of carbonyl (C=O) groups is 1. The first-order chi connectivity index (χ1) is 7.72. The lowest BCUT2D eigenvalue weighted by atomic mass is 10.2. The molecule has 6 nitrogen and oxygen atoms in total. The van der Waals surface area contributed by atoms with Crippen LogP contribution in [0.3, 0.4) is 0 Å². The summed E-state index contributed by atoms with van der Waals surface area (Å²) < 4.78 is 4.99. The van der Waals surface area contributed by atoms with Crippen molar-refractivity contribution in [1.82, 2.24) is 0 Å². The molecular weight excluding hydrogens is 210 g/mol. The van der Waals surface area contributed by atoms with Crippen LogP contribution in [0.4, 0.5) is 5.69 Å². The number of nitrogens with one attached hydrogen (secondary N) is 1. The van der Waals surface area contributed by atoms with Gasteiger partial charge in [0.05, 0.1) is 12.8 Å². The van der Waals surface area contributed by atoms with Crippen LogP contribution >= 0.6 is 0 Å². The zero-order valence-electron chi connectivity index (χ0n) is 8.47. The summed E-state index contributed by atoms with van der Waals surface area (Å²) in [4.78, 5) is 11.4. The Morgan fingerprint density at radius 3 is 2.81 bits per heavy atom. The van der Waals surface area contributed by atoms with Crippen LogP contribution in [0, 0.1) is 11.3 Å². The number of para-hydroxylation sites is 2. The number of nitriles is 1. The number of hydrogen-bond donors (Lipinski definition) is 2. The van der Waals surface area contributed by atoms with E-state index in [1.54, 1.807) is 24.3 Å². The number of ether oxygens (including phenoxy) is 1. The van der Waals surface area contributed by atoms with Gasteiger partial charge in [-0.2, -0.15) is 5.26 Å². The Balaban J connectivity index is 2.90. The van der Waals surface area contributed by atoms with Crippen molar-refractivity contribution in [2.75, 3.05) is 12.4 Å². The van der Waals surface area contributed by atoms with E-state index in [2.05, 4.69) is 10.5 Å². The Kier molecular flexibility index (Phi) is 3.86. The van der Waals surface area contributed by atoms with Crippen molar-refractivity contribution in [3.05, 3.63) is 24.3 Å². The second-order valence-corrected chi connectivity index (χ2v) is 2.71. The van der Waals surface area contributed by atoms with Crippen LogP contribution in [-0.4, -0.2) is 23.9 Å². The van der Waals surface area contributed by atoms with Crippen molar-refractivity contribution in [3.8, 4) is 11.8 Å². The highest BCUT2D eigenvalue weighted by Crippen LogP contribution is 2.22. The molecule has 0 spiro atoms. The van der Waals surface area contributed by atoms with Gasteiger partial charge in [0.1, 0.15) is 11.8 Å². The largest absolute Gasteiger partial charge is 0.495 e. The van der Waals surface area contributed by atoms with Crippen LogP contribution in [0.1, 0.15) is 0 Å². The molecule has 0 aliphatic carbocycles. The number of amides is 1. The highest BCUT2D eigenvalue weighted by Gasteiger charge is 2.13. The molecule has 1 aromatic rings. The molecule has 0 saturated carbocycles. The van der Waals surface area contributed by atoms with Crippen molar-refractivity contribution in [3.63, 3.8) is 0 Å². The Morgan fingerprint density at radius 1 is 1.56 bits per heavy atom. The van der Waals surface area contributed by atoms with Crippen LogP contribution in [-0.2, 0) is 4.79 Å². The van der Waals surface area contributed by atoms with Gasteiger partial charge in [-0.1, -0.05) is 17.3 Å². The number of methoxy groups -OCH3 is 1. The van der Waals surface area contributed by atoms with E-state index in [1.165, 1.54) is 13.2 Å². The highest BCUT2D eigenvalue weighted by molar-refractivity contribution is 6.48. The van der Waals surface area contributed by atoms with E-state index in [-0.39, 0.29) is 0 Å². The number of rotatable bonds is 3. The van der Waals surface area contributed by atoms with Gasteiger partial charge in [0.2, 0.25) is 5.71 Å². The predicted molar refractivity (Wildman–Crippen MR) is 56.5 cm³/mol. The molecule has 0 fully saturated rings. The number of nitrogens with zero attached hydrogens (tertiary/aromatic N) is 2. The zero-order chi connectivity index (χ0) is 12.0. The molecule has 0 aliphatic heterocycles. The molecule has 0 radical (unpaired) electrons. The van der Waals surface area contributed by atoms with E-state index < -0.39 is 11.6 Å². The van der Waals surface area contributed by atoms with Gasteiger partial charge in [-0.25, -0.2) is 0 Å². The van der Waals surface area contributed by atoms with Crippen LogP contribution < -0.4 is 10.1 Å². The summed E-state index contributed by atoms with van der Waals surface area (Å²) in [6, 6.07) is 8.14. The molecule has 0 saturated heterocycles. The summed E-state index contributed by atoms with van der Waals surface area (Å²) in [7, 11) is 1.45. The van der Waals surface area contributed by atoms with Gasteiger partial charge in [-0.3, -0.25) is 4.79 Å². The number of anilines is 1. The van der Waals surface area contributed by atoms with Crippen molar-refractivity contribution in [1.29, 1.82) is 5.26 Å². The van der Waals surface area contributed by atoms with Gasteiger partial charge in [0.25, 0.3) is 5.91 Å². The molecule has 16 heavy (non-hydrogen) atoms.